The van der Waals surface area contributed by atoms with Crippen LogP contribution in [0, 0.1) is 6.92 Å². The van der Waals surface area contributed by atoms with E-state index in [4.69, 9.17) is 16.1 Å². The highest BCUT2D eigenvalue weighted by Gasteiger charge is 2.10. The Hall–Kier alpha value is -2.44. The highest BCUT2D eigenvalue weighted by atomic mass is 35.5. The van der Waals surface area contributed by atoms with Crippen LogP contribution in [0.4, 0.5) is 5.69 Å². The van der Waals surface area contributed by atoms with E-state index in [9.17, 15) is 0 Å². The number of rotatable bonds is 4. The summed E-state index contributed by atoms with van der Waals surface area (Å²) in [5.74, 6) is 1.30. The van der Waals surface area contributed by atoms with E-state index in [2.05, 4.69) is 19.8 Å². The van der Waals surface area contributed by atoms with E-state index in [1.54, 1.807) is 0 Å². The van der Waals surface area contributed by atoms with Crippen LogP contribution in [0.3, 0.4) is 0 Å². The molecule has 0 saturated carbocycles. The lowest BCUT2D eigenvalue weighted by Crippen LogP contribution is -1.87. The van der Waals surface area contributed by atoms with Crippen molar-refractivity contribution in [3.05, 3.63) is 59.2 Å². The van der Waals surface area contributed by atoms with Crippen molar-refractivity contribution in [2.24, 2.45) is 0 Å². The van der Waals surface area contributed by atoms with E-state index in [0.29, 0.717) is 16.6 Å². The first-order chi connectivity index (χ1) is 11.7. The highest BCUT2D eigenvalue weighted by molar-refractivity contribution is 8.00. The summed E-state index contributed by atoms with van der Waals surface area (Å²) >= 11 is 7.64. The molecule has 2 aromatic heterocycles. The number of aromatic nitrogens is 3. The Kier molecular flexibility index (Phi) is 3.92. The first kappa shape index (κ1) is 15.1. The van der Waals surface area contributed by atoms with Gasteiger partial charge in [0.25, 0.3) is 0 Å². The Bertz CT molecular complexity index is 1010. The smallest absolute Gasteiger partial charge is 0.202 e. The normalized spacial score (nSPS) is 11.1. The van der Waals surface area contributed by atoms with Gasteiger partial charge in [-0.15, -0.1) is 0 Å². The number of nitrogens with zero attached hydrogens (tertiary/aromatic N) is 2. The lowest BCUT2D eigenvalue weighted by atomic mass is 10.3. The predicted molar refractivity (Wildman–Crippen MR) is 97.3 cm³/mol. The summed E-state index contributed by atoms with van der Waals surface area (Å²) in [7, 11) is 0. The first-order valence-corrected chi connectivity index (χ1v) is 8.49. The fraction of sp³-hybridized carbons (Fsp3) is 0.0588. The van der Waals surface area contributed by atoms with Crippen molar-refractivity contribution >= 4 is 40.3 Å². The van der Waals surface area contributed by atoms with Crippen molar-refractivity contribution in [2.45, 2.75) is 11.8 Å². The second-order valence-corrected chi connectivity index (χ2v) is 6.57. The number of imidazole rings is 1. The molecule has 0 aliphatic rings. The molecule has 0 unspecified atom stereocenters. The minimum Gasteiger partial charge on any atom is -0.353 e. The number of nitrogens with one attached hydrogen (secondary N) is 2. The summed E-state index contributed by atoms with van der Waals surface area (Å²) in [5, 5.41) is 4.58. The van der Waals surface area contributed by atoms with Crippen molar-refractivity contribution in [1.82, 2.24) is 15.1 Å². The molecule has 7 heteroatoms. The Morgan fingerprint density at radius 2 is 2.04 bits per heavy atom. The fourth-order valence-electron chi connectivity index (χ4n) is 2.30. The van der Waals surface area contributed by atoms with Crippen molar-refractivity contribution in [2.75, 3.05) is 4.72 Å². The maximum atomic E-state index is 6.15. The zero-order valence-corrected chi connectivity index (χ0v) is 14.3. The average molecular weight is 357 g/mol. The van der Waals surface area contributed by atoms with Crippen LogP contribution in [0.1, 0.15) is 5.69 Å². The molecule has 0 saturated heterocycles. The number of anilines is 1. The molecule has 2 N–H and O–H groups in total. The molecule has 0 amide bonds. The molecule has 5 nitrogen and oxygen atoms in total. The highest BCUT2D eigenvalue weighted by Crippen LogP contribution is 2.29. The van der Waals surface area contributed by atoms with E-state index in [-0.39, 0.29) is 0 Å². The summed E-state index contributed by atoms with van der Waals surface area (Å²) in [6.45, 7) is 1.88. The molecule has 0 spiro atoms. The van der Waals surface area contributed by atoms with Gasteiger partial charge in [0.1, 0.15) is 0 Å². The molecule has 0 aliphatic carbocycles. The number of hydrogen-bond acceptors (Lipinski definition) is 5. The van der Waals surface area contributed by atoms with Crippen LogP contribution in [0.25, 0.3) is 22.6 Å². The standard InChI is InChI=1S/C17H13ClN4OS/c1-10-8-16(23-21-10)17-19-14-7-6-11(9-15(14)20-17)24-22-13-5-3-2-4-12(13)18/h2-9,22H,1H3,(H,19,20). The van der Waals surface area contributed by atoms with Crippen molar-refractivity contribution < 1.29 is 4.52 Å². The SMILES string of the molecule is Cc1cc(-c2nc3ccc(SNc4ccccc4Cl)cc3[nH]2)on1. The van der Waals surface area contributed by atoms with E-state index in [1.807, 2.05) is 55.5 Å². The zero-order valence-electron chi connectivity index (χ0n) is 12.7. The van der Waals surface area contributed by atoms with Crippen LogP contribution in [0.2, 0.25) is 5.02 Å². The van der Waals surface area contributed by atoms with Gasteiger partial charge in [0.15, 0.2) is 5.82 Å². The van der Waals surface area contributed by atoms with E-state index in [1.165, 1.54) is 11.9 Å². The van der Waals surface area contributed by atoms with Crippen LogP contribution in [0.5, 0.6) is 0 Å². The molecule has 4 aromatic rings. The maximum absolute atomic E-state index is 6.15. The zero-order chi connectivity index (χ0) is 16.5. The van der Waals surface area contributed by atoms with Gasteiger partial charge < -0.3 is 14.2 Å². The van der Waals surface area contributed by atoms with E-state index >= 15 is 0 Å². The van der Waals surface area contributed by atoms with Gasteiger partial charge in [-0.3, -0.25) is 0 Å². The first-order valence-electron chi connectivity index (χ1n) is 7.30. The molecule has 0 fully saturated rings. The van der Waals surface area contributed by atoms with Crippen LogP contribution in [-0.4, -0.2) is 15.1 Å². The van der Waals surface area contributed by atoms with Gasteiger partial charge in [-0.2, -0.15) is 0 Å². The third-order valence-electron chi connectivity index (χ3n) is 3.47. The Labute approximate surface area is 147 Å². The van der Waals surface area contributed by atoms with Crippen LogP contribution in [0.15, 0.2) is 57.9 Å². The number of benzene rings is 2. The fourth-order valence-corrected chi connectivity index (χ4v) is 3.26. The monoisotopic (exact) mass is 356 g/mol. The van der Waals surface area contributed by atoms with Crippen LogP contribution < -0.4 is 4.72 Å². The Morgan fingerprint density at radius 1 is 1.17 bits per heavy atom. The van der Waals surface area contributed by atoms with Crippen molar-refractivity contribution in [3.8, 4) is 11.6 Å². The summed E-state index contributed by atoms with van der Waals surface area (Å²) in [6, 6.07) is 15.5. The quantitative estimate of drug-likeness (QED) is 0.486. The Morgan fingerprint density at radius 3 is 2.83 bits per heavy atom. The number of aryl methyl sites for hydroxylation is 1. The number of hydrogen-bond donors (Lipinski definition) is 2. The summed E-state index contributed by atoms with van der Waals surface area (Å²) in [5.41, 5.74) is 3.52. The third kappa shape index (κ3) is 2.98. The lowest BCUT2D eigenvalue weighted by Gasteiger charge is -2.06. The molecule has 0 atom stereocenters. The number of halogens is 1. The topological polar surface area (TPSA) is 66.7 Å². The molecule has 24 heavy (non-hydrogen) atoms. The third-order valence-corrected chi connectivity index (χ3v) is 4.61. The number of H-pyrrole nitrogens is 1. The minimum atomic E-state index is 0.632. The molecule has 120 valence electrons. The summed E-state index contributed by atoms with van der Waals surface area (Å²) in [6.07, 6.45) is 0. The van der Waals surface area contributed by atoms with Gasteiger partial charge in [-0.05, 0) is 49.2 Å². The van der Waals surface area contributed by atoms with Gasteiger partial charge in [-0.25, -0.2) is 4.98 Å². The number of para-hydroxylation sites is 1. The van der Waals surface area contributed by atoms with Crippen molar-refractivity contribution in [1.29, 1.82) is 0 Å². The summed E-state index contributed by atoms with van der Waals surface area (Å²) in [4.78, 5) is 8.84. The molecule has 0 bridgehead atoms. The Balaban J connectivity index is 1.58. The predicted octanol–water partition coefficient (Wildman–Crippen LogP) is 5.30. The second-order valence-electron chi connectivity index (χ2n) is 5.28. The minimum absolute atomic E-state index is 0.632. The lowest BCUT2D eigenvalue weighted by molar-refractivity contribution is 0.425. The maximum Gasteiger partial charge on any atom is 0.202 e. The van der Waals surface area contributed by atoms with Gasteiger partial charge in [0, 0.05) is 11.0 Å². The van der Waals surface area contributed by atoms with Gasteiger partial charge in [-0.1, -0.05) is 28.9 Å². The van der Waals surface area contributed by atoms with Gasteiger partial charge in [0.2, 0.25) is 5.76 Å². The second kappa shape index (κ2) is 6.22. The number of aromatic amines is 1. The van der Waals surface area contributed by atoms with E-state index in [0.717, 1.165) is 27.3 Å². The van der Waals surface area contributed by atoms with Crippen molar-refractivity contribution in [3.63, 3.8) is 0 Å². The molecule has 0 radical (unpaired) electrons. The average Bonchev–Trinajstić information content (AvgIpc) is 3.19. The molecule has 0 aliphatic heterocycles. The molecule has 4 rings (SSSR count). The summed E-state index contributed by atoms with van der Waals surface area (Å²) < 4.78 is 8.51. The van der Waals surface area contributed by atoms with Gasteiger partial charge in [0.05, 0.1) is 27.4 Å². The van der Waals surface area contributed by atoms with Crippen LogP contribution >= 0.6 is 23.5 Å². The molecule has 2 aromatic carbocycles. The van der Waals surface area contributed by atoms with E-state index < -0.39 is 0 Å². The molecular formula is C17H13ClN4OS. The molecule has 2 heterocycles. The largest absolute Gasteiger partial charge is 0.353 e. The van der Waals surface area contributed by atoms with Gasteiger partial charge >= 0.3 is 0 Å². The molecular weight excluding hydrogens is 344 g/mol. The number of fused-ring (bicyclic) bond motifs is 1. The van der Waals surface area contributed by atoms with Crippen LogP contribution in [-0.2, 0) is 0 Å².